The largest absolute Gasteiger partial charge is 0.507 e. The zero-order valence-corrected chi connectivity index (χ0v) is 11.8. The maximum Gasteiger partial charge on any atom is 0.184 e. The summed E-state index contributed by atoms with van der Waals surface area (Å²) < 4.78 is 4.96. The monoisotopic (exact) mass is 280 g/mol. The van der Waals surface area contributed by atoms with Crippen molar-refractivity contribution < 1.29 is 19.7 Å². The predicted octanol–water partition coefficient (Wildman–Crippen LogP) is 0.536. The fourth-order valence-electron chi connectivity index (χ4n) is 2.29. The summed E-state index contributed by atoms with van der Waals surface area (Å²) in [7, 11) is 3.44. The molecule has 0 atom stereocenters. The van der Waals surface area contributed by atoms with Crippen molar-refractivity contribution in [3.63, 3.8) is 0 Å². The summed E-state index contributed by atoms with van der Waals surface area (Å²) in [4.78, 5) is 16.5. The number of Topliss-reactive ketones (excluding diaryl/α,β-unsaturated/α-hetero) is 1. The molecule has 110 valence electrons. The number of rotatable bonds is 4. The molecule has 2 rings (SSSR count). The van der Waals surface area contributed by atoms with Gasteiger partial charge in [0, 0.05) is 26.2 Å². The van der Waals surface area contributed by atoms with E-state index in [1.165, 1.54) is 19.2 Å². The number of hydrogen-bond donors (Lipinski definition) is 2. The van der Waals surface area contributed by atoms with Crippen LogP contribution in [0.2, 0.25) is 0 Å². The standard InChI is InChI=1S/C14H20N2O4/c1-15-5-7-16(8-6-15)9-11(18)13-10(17)3-4-12(20-2)14(13)19/h3-4,17,19H,5-9H2,1-2H3. The minimum absolute atomic E-state index is 0.0664. The molecule has 20 heavy (non-hydrogen) atoms. The quantitative estimate of drug-likeness (QED) is 0.784. The van der Waals surface area contributed by atoms with Crippen LogP contribution in [0.25, 0.3) is 0 Å². The highest BCUT2D eigenvalue weighted by molar-refractivity contribution is 6.03. The van der Waals surface area contributed by atoms with E-state index in [2.05, 4.69) is 4.90 Å². The van der Waals surface area contributed by atoms with Gasteiger partial charge in [-0.1, -0.05) is 0 Å². The number of carbonyl (C=O) groups is 1. The summed E-state index contributed by atoms with van der Waals surface area (Å²) in [6.45, 7) is 3.59. The fraction of sp³-hybridized carbons (Fsp3) is 0.500. The molecule has 1 aliphatic rings. The lowest BCUT2D eigenvalue weighted by molar-refractivity contribution is 0.0870. The molecule has 0 unspecified atom stereocenters. The molecule has 0 amide bonds. The molecule has 0 spiro atoms. The molecule has 0 aliphatic carbocycles. The number of hydrogen-bond acceptors (Lipinski definition) is 6. The fourth-order valence-corrected chi connectivity index (χ4v) is 2.29. The number of piperazine rings is 1. The van der Waals surface area contributed by atoms with E-state index in [0.717, 1.165) is 26.2 Å². The van der Waals surface area contributed by atoms with Crippen molar-refractivity contribution >= 4 is 5.78 Å². The second-order valence-electron chi connectivity index (χ2n) is 5.01. The Kier molecular flexibility index (Phi) is 4.46. The highest BCUT2D eigenvalue weighted by atomic mass is 16.5. The second-order valence-corrected chi connectivity index (χ2v) is 5.01. The van der Waals surface area contributed by atoms with E-state index in [1.807, 2.05) is 11.9 Å². The second kappa shape index (κ2) is 6.11. The van der Waals surface area contributed by atoms with Gasteiger partial charge in [-0.05, 0) is 19.2 Å². The van der Waals surface area contributed by atoms with E-state index in [1.54, 1.807) is 0 Å². The van der Waals surface area contributed by atoms with E-state index >= 15 is 0 Å². The number of phenolic OH excluding ortho intramolecular Hbond substituents is 2. The molecule has 2 N–H and O–H groups in total. The first-order chi connectivity index (χ1) is 9.52. The minimum atomic E-state index is -0.302. The normalized spacial score (nSPS) is 17.1. The van der Waals surface area contributed by atoms with Crippen molar-refractivity contribution in [1.29, 1.82) is 0 Å². The van der Waals surface area contributed by atoms with Crippen LogP contribution in [-0.4, -0.2) is 72.7 Å². The maximum atomic E-state index is 12.3. The zero-order chi connectivity index (χ0) is 14.7. The Balaban J connectivity index is 2.13. The molecule has 1 aliphatic heterocycles. The Bertz CT molecular complexity index is 496. The molecule has 1 heterocycles. The minimum Gasteiger partial charge on any atom is -0.507 e. The SMILES string of the molecule is COc1ccc(O)c(C(=O)CN2CCN(C)CC2)c1O. The van der Waals surface area contributed by atoms with Gasteiger partial charge in [-0.3, -0.25) is 9.69 Å². The third-order valence-corrected chi connectivity index (χ3v) is 3.58. The third-order valence-electron chi connectivity index (χ3n) is 3.58. The van der Waals surface area contributed by atoms with Crippen LogP contribution < -0.4 is 4.74 Å². The summed E-state index contributed by atoms with van der Waals surface area (Å²) >= 11 is 0. The molecule has 0 saturated carbocycles. The van der Waals surface area contributed by atoms with Crippen LogP contribution in [0.4, 0.5) is 0 Å². The van der Waals surface area contributed by atoms with Gasteiger partial charge in [-0.2, -0.15) is 0 Å². The summed E-state index contributed by atoms with van der Waals surface area (Å²) in [5, 5.41) is 19.8. The van der Waals surface area contributed by atoms with Gasteiger partial charge in [0.25, 0.3) is 0 Å². The Morgan fingerprint density at radius 1 is 1.25 bits per heavy atom. The predicted molar refractivity (Wildman–Crippen MR) is 74.6 cm³/mol. The van der Waals surface area contributed by atoms with Gasteiger partial charge < -0.3 is 19.8 Å². The molecule has 1 aromatic carbocycles. The molecule has 0 aromatic heterocycles. The molecule has 1 fully saturated rings. The summed E-state index contributed by atoms with van der Waals surface area (Å²) in [6.07, 6.45) is 0. The number of carbonyl (C=O) groups excluding carboxylic acids is 1. The van der Waals surface area contributed by atoms with Crippen molar-refractivity contribution in [2.75, 3.05) is 46.9 Å². The molecule has 6 heteroatoms. The van der Waals surface area contributed by atoms with Gasteiger partial charge in [-0.15, -0.1) is 0 Å². The number of likely N-dealkylation sites (N-methyl/N-ethyl adjacent to an activating group) is 1. The van der Waals surface area contributed by atoms with Crippen LogP contribution in [0, 0.1) is 0 Å². The number of ketones is 1. The highest BCUT2D eigenvalue weighted by Crippen LogP contribution is 2.36. The van der Waals surface area contributed by atoms with Crippen LogP contribution in [0.15, 0.2) is 12.1 Å². The van der Waals surface area contributed by atoms with Gasteiger partial charge in [0.15, 0.2) is 17.3 Å². The number of benzene rings is 1. The van der Waals surface area contributed by atoms with E-state index < -0.39 is 0 Å². The lowest BCUT2D eigenvalue weighted by atomic mass is 10.1. The van der Waals surface area contributed by atoms with Crippen LogP contribution in [0.5, 0.6) is 17.2 Å². The number of ether oxygens (including phenoxy) is 1. The van der Waals surface area contributed by atoms with E-state index in [0.29, 0.717) is 0 Å². The van der Waals surface area contributed by atoms with Crippen molar-refractivity contribution in [3.05, 3.63) is 17.7 Å². The Morgan fingerprint density at radius 2 is 1.90 bits per heavy atom. The number of aromatic hydroxyl groups is 2. The summed E-state index contributed by atoms with van der Waals surface area (Å²) in [6, 6.07) is 2.78. The topological polar surface area (TPSA) is 73.2 Å². The molecule has 1 saturated heterocycles. The Labute approximate surface area is 118 Å². The van der Waals surface area contributed by atoms with Crippen molar-refractivity contribution in [3.8, 4) is 17.2 Å². The summed E-state index contributed by atoms with van der Waals surface area (Å²) in [5.41, 5.74) is -0.0664. The van der Waals surface area contributed by atoms with E-state index in [9.17, 15) is 15.0 Å². The van der Waals surface area contributed by atoms with Gasteiger partial charge in [-0.25, -0.2) is 0 Å². The van der Waals surface area contributed by atoms with E-state index in [-0.39, 0.29) is 35.1 Å². The number of phenols is 2. The third kappa shape index (κ3) is 3.02. The summed E-state index contributed by atoms with van der Waals surface area (Å²) in [5.74, 6) is -0.637. The number of nitrogens with zero attached hydrogens (tertiary/aromatic N) is 2. The van der Waals surface area contributed by atoms with Crippen LogP contribution in [-0.2, 0) is 0 Å². The van der Waals surface area contributed by atoms with Crippen LogP contribution >= 0.6 is 0 Å². The molecular weight excluding hydrogens is 260 g/mol. The molecular formula is C14H20N2O4. The molecule has 6 nitrogen and oxygen atoms in total. The van der Waals surface area contributed by atoms with Gasteiger partial charge in [0.1, 0.15) is 11.3 Å². The Morgan fingerprint density at radius 3 is 2.50 bits per heavy atom. The highest BCUT2D eigenvalue weighted by Gasteiger charge is 2.23. The van der Waals surface area contributed by atoms with E-state index in [4.69, 9.17) is 4.74 Å². The molecule has 0 radical (unpaired) electrons. The van der Waals surface area contributed by atoms with Crippen molar-refractivity contribution in [2.45, 2.75) is 0 Å². The molecule has 1 aromatic rings. The van der Waals surface area contributed by atoms with Gasteiger partial charge in [0.05, 0.1) is 13.7 Å². The van der Waals surface area contributed by atoms with Crippen molar-refractivity contribution in [2.24, 2.45) is 0 Å². The lowest BCUT2D eigenvalue weighted by Gasteiger charge is -2.31. The molecule has 0 bridgehead atoms. The lowest BCUT2D eigenvalue weighted by Crippen LogP contribution is -2.46. The smallest absolute Gasteiger partial charge is 0.184 e. The first-order valence-corrected chi connectivity index (χ1v) is 6.56. The zero-order valence-electron chi connectivity index (χ0n) is 11.8. The number of methoxy groups -OCH3 is 1. The maximum absolute atomic E-state index is 12.3. The van der Waals surface area contributed by atoms with Crippen molar-refractivity contribution in [1.82, 2.24) is 9.80 Å². The Hall–Kier alpha value is -1.79. The van der Waals surface area contributed by atoms with Crippen LogP contribution in [0.3, 0.4) is 0 Å². The van der Waals surface area contributed by atoms with Gasteiger partial charge >= 0.3 is 0 Å². The first-order valence-electron chi connectivity index (χ1n) is 6.56. The average Bonchev–Trinajstić information content (AvgIpc) is 2.42. The average molecular weight is 280 g/mol. The first kappa shape index (κ1) is 14.6. The van der Waals surface area contributed by atoms with Crippen LogP contribution in [0.1, 0.15) is 10.4 Å². The van der Waals surface area contributed by atoms with Gasteiger partial charge in [0.2, 0.25) is 0 Å².